The molecular formula is C22H32N2. The molecule has 0 aliphatic heterocycles. The van der Waals surface area contributed by atoms with Gasteiger partial charge >= 0.3 is 0 Å². The lowest BCUT2D eigenvalue weighted by atomic mass is 9.97. The normalized spacial score (nSPS) is 14.7. The summed E-state index contributed by atoms with van der Waals surface area (Å²) < 4.78 is 0. The third-order valence-electron chi connectivity index (χ3n) is 4.38. The molecule has 0 unspecified atom stereocenters. The molecule has 2 aromatic rings. The molecule has 0 amide bonds. The van der Waals surface area contributed by atoms with E-state index in [-0.39, 0.29) is 0 Å². The highest BCUT2D eigenvalue weighted by molar-refractivity contribution is 5.62. The van der Waals surface area contributed by atoms with Gasteiger partial charge in [-0.3, -0.25) is 0 Å². The van der Waals surface area contributed by atoms with Crippen molar-refractivity contribution < 1.29 is 0 Å². The zero-order valence-corrected chi connectivity index (χ0v) is 15.7. The first-order chi connectivity index (χ1) is 11.4. The first kappa shape index (κ1) is 18.5. The predicted molar refractivity (Wildman–Crippen MR) is 106 cm³/mol. The number of hydrogen-bond donors (Lipinski definition) is 2. The Kier molecular flexibility index (Phi) is 6.86. The zero-order valence-electron chi connectivity index (χ0n) is 15.7. The summed E-state index contributed by atoms with van der Waals surface area (Å²) in [6.45, 7) is 8.50. The van der Waals surface area contributed by atoms with Gasteiger partial charge < -0.3 is 11.1 Å². The fourth-order valence-electron chi connectivity index (χ4n) is 3.39. The average Bonchev–Trinajstić information content (AvgIpc) is 2.46. The van der Waals surface area contributed by atoms with E-state index in [4.69, 9.17) is 5.73 Å². The molecule has 0 atom stereocenters. The molecule has 0 bridgehead atoms. The number of nitrogens with two attached hydrogens (primary N) is 1. The topological polar surface area (TPSA) is 38.0 Å². The maximum absolute atomic E-state index is 5.63. The van der Waals surface area contributed by atoms with Crippen molar-refractivity contribution in [3.05, 3.63) is 58.7 Å². The van der Waals surface area contributed by atoms with Crippen molar-refractivity contribution in [2.75, 3.05) is 5.32 Å². The van der Waals surface area contributed by atoms with Crippen LogP contribution >= 0.6 is 0 Å². The number of rotatable bonds is 2. The summed E-state index contributed by atoms with van der Waals surface area (Å²) in [5.41, 5.74) is 13.1. The van der Waals surface area contributed by atoms with Gasteiger partial charge in [0.15, 0.2) is 0 Å². The van der Waals surface area contributed by atoms with Gasteiger partial charge in [0.2, 0.25) is 0 Å². The van der Waals surface area contributed by atoms with Gasteiger partial charge in [-0.2, -0.15) is 0 Å². The van der Waals surface area contributed by atoms with E-state index in [1.165, 1.54) is 54.4 Å². The molecule has 1 aliphatic carbocycles. The van der Waals surface area contributed by atoms with Crippen LogP contribution in [0.15, 0.2) is 36.4 Å². The summed E-state index contributed by atoms with van der Waals surface area (Å²) in [6, 6.07) is 13.6. The molecule has 3 N–H and O–H groups in total. The molecule has 1 fully saturated rings. The molecule has 1 saturated carbocycles. The molecular weight excluding hydrogens is 292 g/mol. The molecule has 0 spiro atoms. The van der Waals surface area contributed by atoms with Crippen LogP contribution in [-0.2, 0) is 0 Å². The monoisotopic (exact) mass is 324 g/mol. The molecule has 3 rings (SSSR count). The van der Waals surface area contributed by atoms with E-state index in [0.717, 1.165) is 11.4 Å². The van der Waals surface area contributed by atoms with E-state index in [1.807, 2.05) is 0 Å². The van der Waals surface area contributed by atoms with Crippen molar-refractivity contribution in [2.24, 2.45) is 5.73 Å². The van der Waals surface area contributed by atoms with Crippen LogP contribution in [0.5, 0.6) is 0 Å². The van der Waals surface area contributed by atoms with Crippen molar-refractivity contribution in [2.45, 2.75) is 65.8 Å². The summed E-state index contributed by atoms with van der Waals surface area (Å²) in [5.74, 6) is 0. The van der Waals surface area contributed by atoms with Gasteiger partial charge in [-0.25, -0.2) is 0 Å². The Balaban J connectivity index is 0.000000249. The summed E-state index contributed by atoms with van der Waals surface area (Å²) in [7, 11) is 0. The van der Waals surface area contributed by atoms with E-state index >= 15 is 0 Å². The van der Waals surface area contributed by atoms with Crippen LogP contribution in [-0.4, -0.2) is 6.04 Å². The van der Waals surface area contributed by atoms with Crippen LogP contribution in [0.1, 0.15) is 54.4 Å². The highest BCUT2D eigenvalue weighted by Crippen LogP contribution is 2.21. The largest absolute Gasteiger partial charge is 0.355 e. The number of nitrogens with one attached hydrogen (secondary N) is 1. The molecule has 1 aliphatic rings. The number of hydrogen-bond acceptors (Lipinski definition) is 2. The Morgan fingerprint density at radius 3 is 1.33 bits per heavy atom. The molecule has 24 heavy (non-hydrogen) atoms. The maximum Gasteiger partial charge on any atom is 0.0389 e. The minimum atomic E-state index is 0.536. The molecule has 0 heterocycles. The molecule has 2 heteroatoms. The van der Waals surface area contributed by atoms with Gasteiger partial charge in [0.05, 0.1) is 0 Å². The Morgan fingerprint density at radius 2 is 1.04 bits per heavy atom. The lowest BCUT2D eigenvalue weighted by molar-refractivity contribution is 0.441. The van der Waals surface area contributed by atoms with E-state index in [0.29, 0.717) is 6.04 Å². The van der Waals surface area contributed by atoms with Crippen LogP contribution in [0.3, 0.4) is 0 Å². The standard InChI is InChI=1S/C16H19N.C6H13N/c1-11-5-12(2)8-15(7-11)17-16-9-13(3)6-14(4)10-16;7-6-4-2-1-3-5-6/h5-10,17H,1-4H3;6H,1-5,7H2. The Labute approximate surface area is 147 Å². The first-order valence-corrected chi connectivity index (χ1v) is 9.11. The molecule has 2 aromatic carbocycles. The molecule has 0 saturated heterocycles. The van der Waals surface area contributed by atoms with E-state index in [1.54, 1.807) is 0 Å². The molecule has 0 radical (unpaired) electrons. The minimum Gasteiger partial charge on any atom is -0.355 e. The number of aryl methyl sites for hydroxylation is 4. The van der Waals surface area contributed by atoms with Crippen molar-refractivity contribution >= 4 is 11.4 Å². The van der Waals surface area contributed by atoms with Crippen LogP contribution in [0.25, 0.3) is 0 Å². The van der Waals surface area contributed by atoms with E-state index in [9.17, 15) is 0 Å². The first-order valence-electron chi connectivity index (χ1n) is 9.11. The Hall–Kier alpha value is -1.80. The van der Waals surface area contributed by atoms with Crippen molar-refractivity contribution in [1.29, 1.82) is 0 Å². The SMILES string of the molecule is Cc1cc(C)cc(Nc2cc(C)cc(C)c2)c1.NC1CCCCC1. The second-order valence-electron chi connectivity index (χ2n) is 7.28. The minimum absolute atomic E-state index is 0.536. The Morgan fingerprint density at radius 1 is 0.667 bits per heavy atom. The summed E-state index contributed by atoms with van der Waals surface area (Å²) >= 11 is 0. The second-order valence-corrected chi connectivity index (χ2v) is 7.28. The second kappa shape index (κ2) is 8.89. The quantitative estimate of drug-likeness (QED) is 0.717. The lowest BCUT2D eigenvalue weighted by Crippen LogP contribution is -2.22. The highest BCUT2D eigenvalue weighted by atomic mass is 14.9. The number of anilines is 2. The van der Waals surface area contributed by atoms with Gasteiger partial charge in [0, 0.05) is 17.4 Å². The fraction of sp³-hybridized carbons (Fsp3) is 0.455. The predicted octanol–water partition coefficient (Wildman–Crippen LogP) is 5.94. The van der Waals surface area contributed by atoms with E-state index in [2.05, 4.69) is 69.4 Å². The van der Waals surface area contributed by atoms with Crippen LogP contribution in [0.4, 0.5) is 11.4 Å². The third kappa shape index (κ3) is 6.37. The average molecular weight is 325 g/mol. The van der Waals surface area contributed by atoms with Crippen molar-refractivity contribution in [3.63, 3.8) is 0 Å². The van der Waals surface area contributed by atoms with Crippen molar-refractivity contribution in [1.82, 2.24) is 0 Å². The molecule has 130 valence electrons. The highest BCUT2D eigenvalue weighted by Gasteiger charge is 2.06. The van der Waals surface area contributed by atoms with Crippen LogP contribution < -0.4 is 11.1 Å². The van der Waals surface area contributed by atoms with Gasteiger partial charge in [-0.1, -0.05) is 31.4 Å². The van der Waals surface area contributed by atoms with E-state index < -0.39 is 0 Å². The van der Waals surface area contributed by atoms with Gasteiger partial charge in [-0.05, 0) is 87.1 Å². The summed E-state index contributed by atoms with van der Waals surface area (Å²) in [4.78, 5) is 0. The maximum atomic E-state index is 5.63. The fourth-order valence-corrected chi connectivity index (χ4v) is 3.39. The smallest absolute Gasteiger partial charge is 0.0389 e. The number of benzene rings is 2. The molecule has 0 aromatic heterocycles. The summed E-state index contributed by atoms with van der Waals surface area (Å²) in [5, 5.41) is 3.47. The third-order valence-corrected chi connectivity index (χ3v) is 4.38. The van der Waals surface area contributed by atoms with Gasteiger partial charge in [0.1, 0.15) is 0 Å². The van der Waals surface area contributed by atoms with Gasteiger partial charge in [-0.15, -0.1) is 0 Å². The lowest BCUT2D eigenvalue weighted by Gasteiger charge is -2.15. The summed E-state index contributed by atoms with van der Waals surface area (Å²) in [6.07, 6.45) is 6.66. The van der Waals surface area contributed by atoms with Crippen LogP contribution in [0, 0.1) is 27.7 Å². The van der Waals surface area contributed by atoms with Crippen molar-refractivity contribution in [3.8, 4) is 0 Å². The Bertz CT molecular complexity index is 565. The molecule has 2 nitrogen and oxygen atoms in total. The zero-order chi connectivity index (χ0) is 17.5. The van der Waals surface area contributed by atoms with Crippen LogP contribution in [0.2, 0.25) is 0 Å². The van der Waals surface area contributed by atoms with Gasteiger partial charge in [0.25, 0.3) is 0 Å².